The zero-order valence-corrected chi connectivity index (χ0v) is 18.2. The van der Waals surface area contributed by atoms with Gasteiger partial charge in [-0.15, -0.1) is 10.2 Å². The number of pyridine rings is 1. The van der Waals surface area contributed by atoms with E-state index in [4.69, 9.17) is 4.98 Å². The van der Waals surface area contributed by atoms with Crippen molar-refractivity contribution in [2.24, 2.45) is 13.0 Å². The minimum atomic E-state index is -2.90. The van der Waals surface area contributed by atoms with E-state index in [1.165, 1.54) is 11.8 Å². The molecule has 1 saturated heterocycles. The average molecular weight is 431 g/mol. The van der Waals surface area contributed by atoms with Crippen LogP contribution in [0, 0.1) is 19.8 Å². The summed E-state index contributed by atoms with van der Waals surface area (Å²) in [5, 5.41) is 10.1. The number of sulfone groups is 1. The van der Waals surface area contributed by atoms with Gasteiger partial charge in [-0.2, -0.15) is 0 Å². The lowest BCUT2D eigenvalue weighted by molar-refractivity contribution is 0.552. The lowest BCUT2D eigenvalue weighted by Crippen LogP contribution is -2.11. The molecule has 8 nitrogen and oxygen atoms in total. The Hall–Kier alpha value is -2.33. The third kappa shape index (κ3) is 4.32. The molecule has 0 aliphatic carbocycles. The Bertz CT molecular complexity index is 1150. The predicted molar refractivity (Wildman–Crippen MR) is 110 cm³/mol. The number of hydrogen-bond donors (Lipinski definition) is 0. The Morgan fingerprint density at radius 3 is 2.72 bits per heavy atom. The third-order valence-electron chi connectivity index (χ3n) is 5.15. The van der Waals surface area contributed by atoms with Crippen molar-refractivity contribution in [3.8, 4) is 11.5 Å². The van der Waals surface area contributed by atoms with Crippen LogP contribution in [0.3, 0.4) is 0 Å². The number of nitrogens with zero attached hydrogens (tertiary/aromatic N) is 6. The first kappa shape index (κ1) is 20.0. The van der Waals surface area contributed by atoms with Gasteiger partial charge in [-0.25, -0.2) is 18.4 Å². The highest BCUT2D eigenvalue weighted by molar-refractivity contribution is 7.99. The lowest BCUT2D eigenvalue weighted by atomic mass is 10.1. The Morgan fingerprint density at radius 2 is 2.03 bits per heavy atom. The molecule has 0 aromatic carbocycles. The molecule has 4 rings (SSSR count). The number of rotatable bonds is 5. The third-order valence-corrected chi connectivity index (χ3v) is 8.12. The van der Waals surface area contributed by atoms with Crippen LogP contribution >= 0.6 is 11.8 Å². The van der Waals surface area contributed by atoms with Crippen molar-refractivity contribution in [2.75, 3.05) is 11.5 Å². The zero-order chi connectivity index (χ0) is 20.6. The van der Waals surface area contributed by atoms with Crippen molar-refractivity contribution in [1.29, 1.82) is 0 Å². The highest BCUT2D eigenvalue weighted by atomic mass is 32.2. The van der Waals surface area contributed by atoms with Crippen LogP contribution in [0.5, 0.6) is 0 Å². The molecule has 10 heteroatoms. The summed E-state index contributed by atoms with van der Waals surface area (Å²) in [5.74, 6) is 1.99. The minimum Gasteiger partial charge on any atom is -0.309 e. The summed E-state index contributed by atoms with van der Waals surface area (Å²) in [5.41, 5.74) is 2.60. The molecule has 0 saturated carbocycles. The van der Waals surface area contributed by atoms with Crippen molar-refractivity contribution in [3.63, 3.8) is 0 Å². The van der Waals surface area contributed by atoms with E-state index in [1.54, 1.807) is 6.20 Å². The largest absolute Gasteiger partial charge is 0.309 e. The smallest absolute Gasteiger partial charge is 0.197 e. The van der Waals surface area contributed by atoms with Gasteiger partial charge < -0.3 is 4.57 Å². The van der Waals surface area contributed by atoms with Gasteiger partial charge in [-0.1, -0.05) is 6.07 Å². The van der Waals surface area contributed by atoms with Crippen LogP contribution in [0.1, 0.15) is 23.5 Å². The predicted octanol–water partition coefficient (Wildman–Crippen LogP) is 2.41. The van der Waals surface area contributed by atoms with Gasteiger partial charge in [0.1, 0.15) is 16.5 Å². The van der Waals surface area contributed by atoms with Crippen molar-refractivity contribution < 1.29 is 8.42 Å². The molecule has 1 aliphatic heterocycles. The second-order valence-corrected chi connectivity index (χ2v) is 10.5. The molecule has 0 amide bonds. The maximum Gasteiger partial charge on any atom is 0.197 e. The van der Waals surface area contributed by atoms with Crippen LogP contribution in [0.4, 0.5) is 0 Å². The highest BCUT2D eigenvalue weighted by Gasteiger charge is 2.29. The molecule has 3 aromatic heterocycles. The van der Waals surface area contributed by atoms with E-state index in [1.807, 2.05) is 43.7 Å². The zero-order valence-electron chi connectivity index (χ0n) is 16.5. The summed E-state index contributed by atoms with van der Waals surface area (Å²) in [6, 6.07) is 5.65. The number of aromatic nitrogens is 6. The van der Waals surface area contributed by atoms with E-state index in [2.05, 4.69) is 20.2 Å². The van der Waals surface area contributed by atoms with Gasteiger partial charge in [0.05, 0.1) is 11.5 Å². The summed E-state index contributed by atoms with van der Waals surface area (Å²) >= 11 is 1.43. The molecule has 0 spiro atoms. The van der Waals surface area contributed by atoms with Gasteiger partial charge >= 0.3 is 0 Å². The standard InChI is InChI=1S/C19H22N6O2S2/c1-12-13(2)21-17(15-6-4-5-8-20-15)22-18(12)28-19-24-23-16(25(19)3)10-14-7-9-29(26,27)11-14/h4-6,8,14H,7,9-11H2,1-3H3. The molecule has 0 bridgehead atoms. The molecular formula is C19H22N6O2S2. The second-order valence-electron chi connectivity index (χ2n) is 7.31. The Labute approximate surface area is 174 Å². The molecule has 0 N–H and O–H groups in total. The maximum absolute atomic E-state index is 11.7. The van der Waals surface area contributed by atoms with E-state index in [9.17, 15) is 8.42 Å². The van der Waals surface area contributed by atoms with E-state index in [-0.39, 0.29) is 17.4 Å². The summed E-state index contributed by atoms with van der Waals surface area (Å²) in [6.07, 6.45) is 3.03. The number of hydrogen-bond acceptors (Lipinski definition) is 8. The quantitative estimate of drug-likeness (QED) is 0.569. The van der Waals surface area contributed by atoms with Crippen LogP contribution in [0.25, 0.3) is 11.5 Å². The summed E-state index contributed by atoms with van der Waals surface area (Å²) in [4.78, 5) is 13.6. The van der Waals surface area contributed by atoms with Crippen LogP contribution in [0.15, 0.2) is 34.6 Å². The normalized spacial score (nSPS) is 18.2. The summed E-state index contributed by atoms with van der Waals surface area (Å²) in [7, 11) is -0.990. The first-order chi connectivity index (χ1) is 13.8. The van der Waals surface area contributed by atoms with Gasteiger partial charge in [0.25, 0.3) is 0 Å². The Kier molecular flexibility index (Phi) is 5.39. The van der Waals surface area contributed by atoms with E-state index in [0.717, 1.165) is 27.8 Å². The molecule has 1 fully saturated rings. The fraction of sp³-hybridized carbons (Fsp3) is 0.421. The molecule has 29 heavy (non-hydrogen) atoms. The van der Waals surface area contributed by atoms with Crippen molar-refractivity contribution >= 4 is 21.6 Å². The molecular weight excluding hydrogens is 408 g/mol. The average Bonchev–Trinajstić information content (AvgIpc) is 3.22. The Morgan fingerprint density at radius 1 is 1.21 bits per heavy atom. The van der Waals surface area contributed by atoms with E-state index >= 15 is 0 Å². The minimum absolute atomic E-state index is 0.111. The molecule has 1 unspecified atom stereocenters. The molecule has 1 aliphatic rings. The lowest BCUT2D eigenvalue weighted by Gasteiger charge is -2.10. The van der Waals surface area contributed by atoms with Gasteiger partial charge in [0.2, 0.25) is 0 Å². The van der Waals surface area contributed by atoms with Crippen LogP contribution < -0.4 is 0 Å². The first-order valence-corrected chi connectivity index (χ1v) is 12.0. The van der Waals surface area contributed by atoms with Crippen LogP contribution in [0.2, 0.25) is 0 Å². The number of aryl methyl sites for hydroxylation is 1. The highest BCUT2D eigenvalue weighted by Crippen LogP contribution is 2.31. The molecule has 1 atom stereocenters. The van der Waals surface area contributed by atoms with Gasteiger partial charge in [0.15, 0.2) is 20.8 Å². The van der Waals surface area contributed by atoms with E-state index < -0.39 is 9.84 Å². The van der Waals surface area contributed by atoms with Gasteiger partial charge in [0, 0.05) is 30.9 Å². The van der Waals surface area contributed by atoms with Crippen molar-refractivity contribution in [1.82, 2.24) is 29.7 Å². The van der Waals surface area contributed by atoms with E-state index in [0.29, 0.717) is 23.8 Å². The SMILES string of the molecule is Cc1nc(-c2ccccn2)nc(Sc2nnc(CC3CCS(=O)(=O)C3)n2C)c1C. The molecule has 0 radical (unpaired) electrons. The van der Waals surface area contributed by atoms with Crippen molar-refractivity contribution in [3.05, 3.63) is 41.5 Å². The fourth-order valence-electron chi connectivity index (χ4n) is 3.30. The monoisotopic (exact) mass is 430 g/mol. The fourth-order valence-corrected chi connectivity index (χ4v) is 6.09. The Balaban J connectivity index is 1.58. The van der Waals surface area contributed by atoms with Crippen LogP contribution in [-0.2, 0) is 23.3 Å². The topological polar surface area (TPSA) is 104 Å². The summed E-state index contributed by atoms with van der Waals surface area (Å²) in [6.45, 7) is 3.94. The summed E-state index contributed by atoms with van der Waals surface area (Å²) < 4.78 is 25.4. The van der Waals surface area contributed by atoms with Gasteiger partial charge in [-0.3, -0.25) is 4.98 Å². The molecule has 152 valence electrons. The van der Waals surface area contributed by atoms with Crippen LogP contribution in [-0.4, -0.2) is 49.6 Å². The second kappa shape index (κ2) is 7.83. The maximum atomic E-state index is 11.7. The van der Waals surface area contributed by atoms with Gasteiger partial charge in [-0.05, 0) is 50.1 Å². The molecule has 3 aromatic rings. The molecule has 4 heterocycles. The first-order valence-electron chi connectivity index (χ1n) is 9.35. The van der Waals surface area contributed by atoms with Crippen molar-refractivity contribution in [2.45, 2.75) is 36.9 Å².